The van der Waals surface area contributed by atoms with Crippen LogP contribution in [0.3, 0.4) is 0 Å². The molecule has 1 aromatic carbocycles. The van der Waals surface area contributed by atoms with Crippen LogP contribution in [0.15, 0.2) is 53.2 Å². The molecular weight excluding hydrogens is 306 g/mol. The van der Waals surface area contributed by atoms with E-state index in [-0.39, 0.29) is 5.56 Å². The van der Waals surface area contributed by atoms with Gasteiger partial charge in [0.1, 0.15) is 11.6 Å². The Hall–Kier alpha value is -2.67. The zero-order chi connectivity index (χ0) is 15.4. The van der Waals surface area contributed by atoms with E-state index in [9.17, 15) is 8.78 Å². The number of benzene rings is 1. The van der Waals surface area contributed by atoms with Gasteiger partial charge >= 0.3 is 0 Å². The van der Waals surface area contributed by atoms with Crippen molar-refractivity contribution in [1.29, 1.82) is 0 Å². The molecule has 4 nitrogen and oxygen atoms in total. The molecule has 110 valence electrons. The van der Waals surface area contributed by atoms with Crippen molar-refractivity contribution in [3.05, 3.63) is 65.3 Å². The number of halogens is 2. The van der Waals surface area contributed by atoms with E-state index in [1.165, 1.54) is 23.5 Å². The van der Waals surface area contributed by atoms with Gasteiger partial charge in [-0.05, 0) is 18.2 Å². The van der Waals surface area contributed by atoms with Gasteiger partial charge in [-0.1, -0.05) is 6.07 Å². The molecule has 1 N–H and O–H groups in total. The summed E-state index contributed by atoms with van der Waals surface area (Å²) >= 11 is 1.28. The van der Waals surface area contributed by atoms with Crippen molar-refractivity contribution >= 4 is 22.7 Å². The van der Waals surface area contributed by atoms with E-state index in [1.807, 2.05) is 6.07 Å². The topological polar surface area (TPSA) is 50.2 Å². The van der Waals surface area contributed by atoms with Crippen LogP contribution in [0.5, 0.6) is 0 Å². The molecule has 0 unspecified atom stereocenters. The number of rotatable bonds is 4. The molecule has 2 aromatic heterocycles. The summed E-state index contributed by atoms with van der Waals surface area (Å²) in [6.07, 6.45) is 4.95. The molecule has 0 saturated heterocycles. The molecule has 0 spiro atoms. The van der Waals surface area contributed by atoms with E-state index < -0.39 is 11.6 Å². The zero-order valence-electron chi connectivity index (χ0n) is 11.2. The average molecular weight is 316 g/mol. The molecule has 0 radical (unpaired) electrons. The van der Waals surface area contributed by atoms with E-state index in [2.05, 4.69) is 20.5 Å². The van der Waals surface area contributed by atoms with Crippen molar-refractivity contribution in [2.45, 2.75) is 0 Å². The van der Waals surface area contributed by atoms with Gasteiger partial charge in [-0.15, -0.1) is 11.3 Å². The molecule has 0 saturated carbocycles. The Labute approximate surface area is 129 Å². The highest BCUT2D eigenvalue weighted by Gasteiger charge is 2.10. The van der Waals surface area contributed by atoms with Gasteiger partial charge in [0.05, 0.1) is 11.9 Å². The lowest BCUT2D eigenvalue weighted by Gasteiger charge is -1.99. The van der Waals surface area contributed by atoms with Gasteiger partial charge in [0.25, 0.3) is 0 Å². The molecule has 0 aliphatic carbocycles. The Bertz CT molecular complexity index is 802. The quantitative estimate of drug-likeness (QED) is 0.586. The number of nitrogens with zero attached hydrogens (tertiary/aromatic N) is 3. The maximum absolute atomic E-state index is 13.7. The van der Waals surface area contributed by atoms with E-state index in [0.717, 1.165) is 11.6 Å². The predicted molar refractivity (Wildman–Crippen MR) is 82.9 cm³/mol. The SMILES string of the molecule is Fc1ccc(-c2csc(N/N=C/c3cccnc3)n2)c(F)c1. The van der Waals surface area contributed by atoms with Crippen LogP contribution in [0.2, 0.25) is 0 Å². The van der Waals surface area contributed by atoms with Gasteiger partial charge in [-0.3, -0.25) is 10.4 Å². The molecule has 0 atom stereocenters. The minimum absolute atomic E-state index is 0.252. The number of hydrogen-bond donors (Lipinski definition) is 1. The first-order valence-electron chi connectivity index (χ1n) is 6.32. The van der Waals surface area contributed by atoms with Crippen LogP contribution >= 0.6 is 11.3 Å². The lowest BCUT2D eigenvalue weighted by atomic mass is 10.1. The standard InChI is InChI=1S/C15H10F2N4S/c16-11-3-4-12(13(17)6-11)14-9-22-15(20-14)21-19-8-10-2-1-5-18-7-10/h1-9H,(H,20,21)/b19-8+. The molecule has 3 rings (SSSR count). The van der Waals surface area contributed by atoms with Crippen LogP contribution in [0.25, 0.3) is 11.3 Å². The molecule has 0 aliphatic heterocycles. The first kappa shape index (κ1) is 14.3. The van der Waals surface area contributed by atoms with Crippen LogP contribution < -0.4 is 5.43 Å². The minimum Gasteiger partial charge on any atom is -0.264 e. The Kier molecular flexibility index (Phi) is 4.15. The van der Waals surface area contributed by atoms with Crippen molar-refractivity contribution in [2.24, 2.45) is 5.10 Å². The second-order valence-electron chi connectivity index (χ2n) is 4.32. The summed E-state index contributed by atoms with van der Waals surface area (Å²) in [5, 5.41) is 6.23. The first-order valence-corrected chi connectivity index (χ1v) is 7.20. The maximum Gasteiger partial charge on any atom is 0.203 e. The third kappa shape index (κ3) is 3.32. The molecule has 22 heavy (non-hydrogen) atoms. The number of aromatic nitrogens is 2. The number of thiazole rings is 1. The van der Waals surface area contributed by atoms with Crippen LogP contribution in [0, 0.1) is 11.6 Å². The molecule has 7 heteroatoms. The molecule has 0 fully saturated rings. The lowest BCUT2D eigenvalue weighted by molar-refractivity contribution is 0.585. The molecule has 2 heterocycles. The highest BCUT2D eigenvalue weighted by Crippen LogP contribution is 2.27. The van der Waals surface area contributed by atoms with Crippen LogP contribution in [0.1, 0.15) is 5.56 Å². The summed E-state index contributed by atoms with van der Waals surface area (Å²) in [5.74, 6) is -1.26. The van der Waals surface area contributed by atoms with Gasteiger partial charge < -0.3 is 0 Å². The van der Waals surface area contributed by atoms with Crippen molar-refractivity contribution in [2.75, 3.05) is 5.43 Å². The first-order chi connectivity index (χ1) is 10.7. The molecule has 0 amide bonds. The number of hydrogen-bond acceptors (Lipinski definition) is 5. The average Bonchev–Trinajstić information content (AvgIpc) is 2.97. The third-order valence-corrected chi connectivity index (χ3v) is 3.52. The van der Waals surface area contributed by atoms with Crippen molar-refractivity contribution in [3.63, 3.8) is 0 Å². The summed E-state index contributed by atoms with van der Waals surface area (Å²) < 4.78 is 26.6. The Morgan fingerprint density at radius 1 is 1.23 bits per heavy atom. The van der Waals surface area contributed by atoms with Gasteiger partial charge in [-0.25, -0.2) is 13.8 Å². The fourth-order valence-corrected chi connectivity index (χ4v) is 2.42. The monoisotopic (exact) mass is 316 g/mol. The molecule has 3 aromatic rings. The Balaban J connectivity index is 1.73. The minimum atomic E-state index is -0.643. The van der Waals surface area contributed by atoms with Crippen LogP contribution in [0.4, 0.5) is 13.9 Å². The highest BCUT2D eigenvalue weighted by atomic mass is 32.1. The predicted octanol–water partition coefficient (Wildman–Crippen LogP) is 3.93. The Morgan fingerprint density at radius 2 is 2.14 bits per heavy atom. The largest absolute Gasteiger partial charge is 0.264 e. The molecular formula is C15H10F2N4S. The summed E-state index contributed by atoms with van der Waals surface area (Å²) in [4.78, 5) is 8.18. The number of nitrogens with one attached hydrogen (secondary N) is 1. The zero-order valence-corrected chi connectivity index (χ0v) is 12.0. The molecule has 0 aliphatic rings. The van der Waals surface area contributed by atoms with Gasteiger partial charge in [0.2, 0.25) is 5.13 Å². The summed E-state index contributed by atoms with van der Waals surface area (Å²) in [5.41, 5.74) is 4.29. The molecule has 0 bridgehead atoms. The van der Waals surface area contributed by atoms with E-state index in [1.54, 1.807) is 30.1 Å². The lowest BCUT2D eigenvalue weighted by Crippen LogP contribution is -1.91. The Morgan fingerprint density at radius 3 is 2.91 bits per heavy atom. The smallest absolute Gasteiger partial charge is 0.203 e. The summed E-state index contributed by atoms with van der Waals surface area (Å²) in [6, 6.07) is 7.07. The second kappa shape index (κ2) is 6.40. The van der Waals surface area contributed by atoms with Crippen LogP contribution in [-0.4, -0.2) is 16.2 Å². The van der Waals surface area contributed by atoms with Gasteiger partial charge in [0.15, 0.2) is 0 Å². The normalized spacial score (nSPS) is 11.0. The fourth-order valence-electron chi connectivity index (χ4n) is 1.76. The third-order valence-electron chi connectivity index (χ3n) is 2.77. The number of hydrazone groups is 1. The van der Waals surface area contributed by atoms with E-state index in [0.29, 0.717) is 10.8 Å². The van der Waals surface area contributed by atoms with Gasteiger partial charge in [-0.2, -0.15) is 5.10 Å². The number of anilines is 1. The highest BCUT2D eigenvalue weighted by molar-refractivity contribution is 7.14. The summed E-state index contributed by atoms with van der Waals surface area (Å²) in [7, 11) is 0. The van der Waals surface area contributed by atoms with E-state index >= 15 is 0 Å². The van der Waals surface area contributed by atoms with Crippen LogP contribution in [-0.2, 0) is 0 Å². The number of pyridine rings is 1. The van der Waals surface area contributed by atoms with Crippen molar-refractivity contribution in [1.82, 2.24) is 9.97 Å². The van der Waals surface area contributed by atoms with E-state index in [4.69, 9.17) is 0 Å². The fraction of sp³-hybridized carbons (Fsp3) is 0. The second-order valence-corrected chi connectivity index (χ2v) is 5.18. The summed E-state index contributed by atoms with van der Waals surface area (Å²) in [6.45, 7) is 0. The van der Waals surface area contributed by atoms with Gasteiger partial charge in [0, 0.05) is 35.0 Å². The van der Waals surface area contributed by atoms with Crippen molar-refractivity contribution in [3.8, 4) is 11.3 Å². The van der Waals surface area contributed by atoms with Crippen molar-refractivity contribution < 1.29 is 8.78 Å². The maximum atomic E-state index is 13.7.